The molecular weight excluding hydrogens is 306 g/mol. The van der Waals surface area contributed by atoms with Crippen molar-refractivity contribution in [2.75, 3.05) is 10.6 Å². The molecule has 1 heterocycles. The summed E-state index contributed by atoms with van der Waals surface area (Å²) in [5.41, 5.74) is 2.50. The fourth-order valence-electron chi connectivity index (χ4n) is 2.38. The van der Waals surface area contributed by atoms with Crippen molar-refractivity contribution in [3.63, 3.8) is 0 Å². The first-order chi connectivity index (χ1) is 11.5. The Balaban J connectivity index is 1.67. The molecule has 1 unspecified atom stereocenters. The molecule has 0 saturated carbocycles. The zero-order valence-electron chi connectivity index (χ0n) is 13.0. The minimum atomic E-state index is -0.525. The quantitative estimate of drug-likeness (QED) is 0.908. The summed E-state index contributed by atoms with van der Waals surface area (Å²) in [5, 5.41) is 14.3. The van der Waals surface area contributed by atoms with E-state index in [-0.39, 0.29) is 18.2 Å². The van der Waals surface area contributed by atoms with Crippen LogP contribution in [0, 0.1) is 11.3 Å². The average molecular weight is 321 g/mol. The lowest BCUT2D eigenvalue weighted by Crippen LogP contribution is -2.34. The predicted octanol–water partition coefficient (Wildman–Crippen LogP) is 2.46. The highest BCUT2D eigenvalue weighted by Crippen LogP contribution is 2.30. The molecule has 3 rings (SSSR count). The Morgan fingerprint density at radius 2 is 2.04 bits per heavy atom. The van der Waals surface area contributed by atoms with Gasteiger partial charge in [0.1, 0.15) is 5.75 Å². The monoisotopic (exact) mass is 321 g/mol. The molecule has 1 atom stereocenters. The predicted molar refractivity (Wildman–Crippen MR) is 88.7 cm³/mol. The highest BCUT2D eigenvalue weighted by molar-refractivity contribution is 5.98. The van der Waals surface area contributed by atoms with Gasteiger partial charge in [0.25, 0.3) is 5.91 Å². The van der Waals surface area contributed by atoms with Crippen molar-refractivity contribution in [2.24, 2.45) is 0 Å². The van der Waals surface area contributed by atoms with Crippen LogP contribution >= 0.6 is 0 Å². The standard InChI is InChI=1S/C18H15N3O3/c1-11-18(23)21-15-8-13(4-7-16(15)24-11)9-17(22)20-14-5-2-12(10-19)3-6-14/h2-8,11H,9H2,1H3,(H,20,22)(H,21,23). The number of benzene rings is 2. The number of rotatable bonds is 3. The van der Waals surface area contributed by atoms with Crippen molar-refractivity contribution in [1.29, 1.82) is 5.26 Å². The largest absolute Gasteiger partial charge is 0.479 e. The first-order valence-corrected chi connectivity index (χ1v) is 7.45. The van der Waals surface area contributed by atoms with E-state index in [1.165, 1.54) is 0 Å². The summed E-state index contributed by atoms with van der Waals surface area (Å²) in [6.45, 7) is 1.68. The van der Waals surface area contributed by atoms with Crippen molar-refractivity contribution < 1.29 is 14.3 Å². The molecule has 6 nitrogen and oxygen atoms in total. The van der Waals surface area contributed by atoms with E-state index in [0.717, 1.165) is 5.56 Å². The fourth-order valence-corrected chi connectivity index (χ4v) is 2.38. The molecular formula is C18H15N3O3. The number of hydrogen-bond donors (Lipinski definition) is 2. The molecule has 2 amide bonds. The Labute approximate surface area is 139 Å². The van der Waals surface area contributed by atoms with Crippen LogP contribution in [-0.2, 0) is 16.0 Å². The minimum Gasteiger partial charge on any atom is -0.479 e. The van der Waals surface area contributed by atoms with Crippen LogP contribution in [0.15, 0.2) is 42.5 Å². The third-order valence-corrected chi connectivity index (χ3v) is 3.64. The molecule has 0 bridgehead atoms. The number of anilines is 2. The van der Waals surface area contributed by atoms with Gasteiger partial charge in [-0.25, -0.2) is 0 Å². The van der Waals surface area contributed by atoms with Crippen LogP contribution < -0.4 is 15.4 Å². The number of ether oxygens (including phenoxy) is 1. The van der Waals surface area contributed by atoms with Gasteiger partial charge in [0.05, 0.1) is 23.7 Å². The summed E-state index contributed by atoms with van der Waals surface area (Å²) in [7, 11) is 0. The van der Waals surface area contributed by atoms with Crippen LogP contribution in [0.3, 0.4) is 0 Å². The molecule has 0 spiro atoms. The van der Waals surface area contributed by atoms with Gasteiger partial charge >= 0.3 is 0 Å². The zero-order chi connectivity index (χ0) is 17.1. The van der Waals surface area contributed by atoms with E-state index in [0.29, 0.717) is 22.7 Å². The van der Waals surface area contributed by atoms with Crippen molar-refractivity contribution in [3.05, 3.63) is 53.6 Å². The van der Waals surface area contributed by atoms with Crippen LogP contribution in [0.2, 0.25) is 0 Å². The summed E-state index contributed by atoms with van der Waals surface area (Å²) in [5.74, 6) is 0.205. The molecule has 2 N–H and O–H groups in total. The molecule has 2 aromatic rings. The van der Waals surface area contributed by atoms with Crippen molar-refractivity contribution in [1.82, 2.24) is 0 Å². The first kappa shape index (κ1) is 15.6. The smallest absolute Gasteiger partial charge is 0.265 e. The summed E-state index contributed by atoms with van der Waals surface area (Å²) in [6.07, 6.45) is -0.360. The van der Waals surface area contributed by atoms with Gasteiger partial charge in [-0.2, -0.15) is 5.26 Å². The number of nitrogens with one attached hydrogen (secondary N) is 2. The maximum absolute atomic E-state index is 12.1. The Morgan fingerprint density at radius 3 is 2.75 bits per heavy atom. The molecule has 0 fully saturated rings. The maximum atomic E-state index is 12.1. The lowest BCUT2D eigenvalue weighted by atomic mass is 10.1. The van der Waals surface area contributed by atoms with Crippen LogP contribution in [0.5, 0.6) is 5.75 Å². The highest BCUT2D eigenvalue weighted by atomic mass is 16.5. The number of fused-ring (bicyclic) bond motifs is 1. The lowest BCUT2D eigenvalue weighted by Gasteiger charge is -2.23. The SMILES string of the molecule is CC1Oc2ccc(CC(=O)Nc3ccc(C#N)cc3)cc2NC1=O. The third-order valence-electron chi connectivity index (χ3n) is 3.64. The third kappa shape index (κ3) is 3.36. The molecule has 0 saturated heterocycles. The molecule has 0 aromatic heterocycles. The van der Waals surface area contributed by atoms with Crippen molar-refractivity contribution in [2.45, 2.75) is 19.4 Å². The van der Waals surface area contributed by atoms with Gasteiger partial charge in [-0.1, -0.05) is 6.07 Å². The maximum Gasteiger partial charge on any atom is 0.265 e. The van der Waals surface area contributed by atoms with Gasteiger partial charge in [0.15, 0.2) is 6.10 Å². The second-order valence-corrected chi connectivity index (χ2v) is 5.49. The van der Waals surface area contributed by atoms with Crippen LogP contribution in [0.1, 0.15) is 18.1 Å². The average Bonchev–Trinajstić information content (AvgIpc) is 2.57. The summed E-state index contributed by atoms with van der Waals surface area (Å²) >= 11 is 0. The molecule has 6 heteroatoms. The molecule has 0 aliphatic carbocycles. The Hall–Kier alpha value is -3.33. The van der Waals surface area contributed by atoms with Crippen LogP contribution in [-0.4, -0.2) is 17.9 Å². The number of carbonyl (C=O) groups excluding carboxylic acids is 2. The Bertz CT molecular complexity index is 838. The Morgan fingerprint density at radius 1 is 1.29 bits per heavy atom. The first-order valence-electron chi connectivity index (χ1n) is 7.45. The number of carbonyl (C=O) groups is 2. The molecule has 2 aromatic carbocycles. The molecule has 24 heavy (non-hydrogen) atoms. The zero-order valence-corrected chi connectivity index (χ0v) is 13.0. The number of nitriles is 1. The lowest BCUT2D eigenvalue weighted by molar-refractivity contribution is -0.122. The number of nitrogens with zero attached hydrogens (tertiary/aromatic N) is 1. The van der Waals surface area contributed by atoms with Gasteiger partial charge < -0.3 is 15.4 Å². The van der Waals surface area contributed by atoms with Crippen molar-refractivity contribution >= 4 is 23.2 Å². The number of hydrogen-bond acceptors (Lipinski definition) is 4. The molecule has 1 aliphatic heterocycles. The van der Waals surface area contributed by atoms with Gasteiger partial charge in [0, 0.05) is 5.69 Å². The van der Waals surface area contributed by atoms with E-state index < -0.39 is 6.10 Å². The van der Waals surface area contributed by atoms with Gasteiger partial charge in [-0.05, 0) is 48.9 Å². The topological polar surface area (TPSA) is 91.2 Å². The fraction of sp³-hybridized carbons (Fsp3) is 0.167. The van der Waals surface area contributed by atoms with Gasteiger partial charge in [-0.3, -0.25) is 9.59 Å². The minimum absolute atomic E-state index is 0.165. The number of amides is 2. The normalized spacial score (nSPS) is 15.5. The van der Waals surface area contributed by atoms with Crippen LogP contribution in [0.25, 0.3) is 0 Å². The van der Waals surface area contributed by atoms with Gasteiger partial charge in [0.2, 0.25) is 5.91 Å². The van der Waals surface area contributed by atoms with Gasteiger partial charge in [-0.15, -0.1) is 0 Å². The second kappa shape index (κ2) is 6.42. The van der Waals surface area contributed by atoms with E-state index in [9.17, 15) is 9.59 Å². The Kier molecular flexibility index (Phi) is 4.17. The highest BCUT2D eigenvalue weighted by Gasteiger charge is 2.23. The summed E-state index contributed by atoms with van der Waals surface area (Å²) < 4.78 is 5.48. The molecule has 1 aliphatic rings. The summed E-state index contributed by atoms with van der Waals surface area (Å²) in [4.78, 5) is 23.8. The van der Waals surface area contributed by atoms with E-state index in [1.54, 1.807) is 49.4 Å². The van der Waals surface area contributed by atoms with E-state index >= 15 is 0 Å². The molecule has 0 radical (unpaired) electrons. The van der Waals surface area contributed by atoms with E-state index in [4.69, 9.17) is 10.00 Å². The van der Waals surface area contributed by atoms with Crippen LogP contribution in [0.4, 0.5) is 11.4 Å². The van der Waals surface area contributed by atoms with E-state index in [1.807, 2.05) is 6.07 Å². The van der Waals surface area contributed by atoms with E-state index in [2.05, 4.69) is 10.6 Å². The molecule has 120 valence electrons. The van der Waals surface area contributed by atoms with Crippen molar-refractivity contribution in [3.8, 4) is 11.8 Å². The second-order valence-electron chi connectivity index (χ2n) is 5.49. The summed E-state index contributed by atoms with van der Waals surface area (Å²) in [6, 6.07) is 13.9.